The van der Waals surface area contributed by atoms with Crippen molar-refractivity contribution in [3.05, 3.63) is 59.4 Å². The Morgan fingerprint density at radius 2 is 1.92 bits per heavy atom. The molecule has 1 fully saturated rings. The lowest BCUT2D eigenvalue weighted by Crippen LogP contribution is -2.42. The van der Waals surface area contributed by atoms with Crippen LogP contribution in [-0.2, 0) is 16.0 Å². The van der Waals surface area contributed by atoms with Crippen LogP contribution < -0.4 is 4.90 Å². The SMILES string of the molecule is COC(=O)N1c2ccc3c(nc([C@H](CO)c4ccccc4)n3[C@@H]3CCC[C@@H](C(=O)O)C3)c2CC[C@@H]1C. The van der Waals surface area contributed by atoms with Gasteiger partial charge in [0, 0.05) is 17.6 Å². The largest absolute Gasteiger partial charge is 0.481 e. The molecule has 8 heteroatoms. The third-order valence-electron chi connectivity index (χ3n) is 7.91. The van der Waals surface area contributed by atoms with Crippen LogP contribution in [0.4, 0.5) is 10.5 Å². The predicted molar refractivity (Wildman–Crippen MR) is 136 cm³/mol. The average Bonchev–Trinajstić information content (AvgIpc) is 3.28. The number of ether oxygens (including phenoxy) is 1. The predicted octanol–water partition coefficient (Wildman–Crippen LogP) is 4.88. The fourth-order valence-electron chi connectivity index (χ4n) is 6.07. The van der Waals surface area contributed by atoms with E-state index >= 15 is 0 Å². The number of hydrogen-bond acceptors (Lipinski definition) is 5. The van der Waals surface area contributed by atoms with Crippen LogP contribution in [0.5, 0.6) is 0 Å². The van der Waals surface area contributed by atoms with E-state index in [4.69, 9.17) is 9.72 Å². The van der Waals surface area contributed by atoms with Crippen LogP contribution in [0.1, 0.15) is 67.9 Å². The minimum absolute atomic E-state index is 0.00753. The van der Waals surface area contributed by atoms with Crippen LogP contribution in [0.15, 0.2) is 42.5 Å². The number of aromatic nitrogens is 2. The molecule has 0 spiro atoms. The molecule has 1 aliphatic heterocycles. The number of aryl methyl sites for hydroxylation is 1. The van der Waals surface area contributed by atoms with Crippen molar-refractivity contribution >= 4 is 28.8 Å². The number of amides is 1. The van der Waals surface area contributed by atoms with Crippen LogP contribution in [0, 0.1) is 5.92 Å². The minimum atomic E-state index is -0.757. The molecule has 2 N–H and O–H groups in total. The molecule has 1 amide bonds. The average molecular weight is 492 g/mol. The number of carbonyl (C=O) groups is 2. The van der Waals surface area contributed by atoms with Crippen molar-refractivity contribution in [1.29, 1.82) is 0 Å². The summed E-state index contributed by atoms with van der Waals surface area (Å²) in [5.74, 6) is -0.760. The van der Waals surface area contributed by atoms with Gasteiger partial charge in [-0.2, -0.15) is 0 Å². The first-order valence-corrected chi connectivity index (χ1v) is 12.7. The highest BCUT2D eigenvalue weighted by Gasteiger charge is 2.35. The molecular formula is C28H33N3O5. The lowest BCUT2D eigenvalue weighted by Gasteiger charge is -2.34. The Morgan fingerprint density at radius 3 is 2.61 bits per heavy atom. The van der Waals surface area contributed by atoms with Gasteiger partial charge in [0.15, 0.2) is 0 Å². The highest BCUT2D eigenvalue weighted by atomic mass is 16.5. The van der Waals surface area contributed by atoms with E-state index in [1.165, 1.54) is 7.11 Å². The molecule has 0 saturated heterocycles. The van der Waals surface area contributed by atoms with Gasteiger partial charge in [-0.1, -0.05) is 36.8 Å². The van der Waals surface area contributed by atoms with Gasteiger partial charge in [0.2, 0.25) is 0 Å². The summed E-state index contributed by atoms with van der Waals surface area (Å²) >= 11 is 0. The van der Waals surface area contributed by atoms with E-state index in [-0.39, 0.29) is 24.6 Å². The summed E-state index contributed by atoms with van der Waals surface area (Å²) in [4.78, 5) is 31.3. The third kappa shape index (κ3) is 4.13. The Morgan fingerprint density at radius 1 is 1.14 bits per heavy atom. The number of benzene rings is 2. The number of fused-ring (bicyclic) bond motifs is 3. The zero-order chi connectivity index (χ0) is 25.4. The van der Waals surface area contributed by atoms with Crippen LogP contribution in [0.3, 0.4) is 0 Å². The highest BCUT2D eigenvalue weighted by molar-refractivity contribution is 5.95. The quantitative estimate of drug-likeness (QED) is 0.527. The maximum atomic E-state index is 12.6. The van der Waals surface area contributed by atoms with Gasteiger partial charge >= 0.3 is 12.1 Å². The van der Waals surface area contributed by atoms with E-state index < -0.39 is 18.0 Å². The van der Waals surface area contributed by atoms with Gasteiger partial charge in [0.25, 0.3) is 0 Å². The summed E-state index contributed by atoms with van der Waals surface area (Å²) in [6, 6.07) is 13.7. The molecule has 4 atom stereocenters. The van der Waals surface area contributed by atoms with Gasteiger partial charge in [-0.05, 0) is 56.7 Å². The van der Waals surface area contributed by atoms with Gasteiger partial charge in [0.05, 0.1) is 42.3 Å². The first-order chi connectivity index (χ1) is 17.4. The first kappa shape index (κ1) is 24.3. The van der Waals surface area contributed by atoms with Crippen molar-refractivity contribution in [2.45, 2.75) is 63.5 Å². The third-order valence-corrected chi connectivity index (χ3v) is 7.91. The van der Waals surface area contributed by atoms with E-state index in [9.17, 15) is 19.8 Å². The molecule has 0 unspecified atom stereocenters. The Kier molecular flexibility index (Phi) is 6.71. The molecule has 0 bridgehead atoms. The number of carboxylic acids is 1. The Bertz CT molecular complexity index is 1270. The fraction of sp³-hybridized carbons (Fsp3) is 0.464. The number of aliphatic carboxylic acids is 1. The van der Waals surface area contributed by atoms with E-state index in [1.807, 2.05) is 49.4 Å². The van der Waals surface area contributed by atoms with E-state index in [2.05, 4.69) is 4.57 Å². The number of aliphatic hydroxyl groups is 1. The van der Waals surface area contributed by atoms with Crippen molar-refractivity contribution in [3.8, 4) is 0 Å². The summed E-state index contributed by atoms with van der Waals surface area (Å²) in [5.41, 5.74) is 4.49. The second kappa shape index (κ2) is 9.93. The number of carboxylic acid groups (broad SMARTS) is 1. The summed E-state index contributed by atoms with van der Waals surface area (Å²) in [7, 11) is 1.39. The topological polar surface area (TPSA) is 105 Å². The zero-order valence-electron chi connectivity index (χ0n) is 20.8. The van der Waals surface area contributed by atoms with Crippen molar-refractivity contribution in [2.75, 3.05) is 18.6 Å². The molecule has 1 saturated carbocycles. The molecular weight excluding hydrogens is 458 g/mol. The summed E-state index contributed by atoms with van der Waals surface area (Å²) in [5, 5.41) is 20.3. The van der Waals surface area contributed by atoms with Crippen molar-refractivity contribution in [3.63, 3.8) is 0 Å². The molecule has 190 valence electrons. The Balaban J connectivity index is 1.71. The van der Waals surface area contributed by atoms with E-state index in [0.717, 1.165) is 59.4 Å². The van der Waals surface area contributed by atoms with Gasteiger partial charge in [-0.15, -0.1) is 0 Å². The standard InChI is InChI=1S/C28H33N3O5/c1-17-11-12-21-23(30(17)28(35)36-2)13-14-24-25(21)29-26(22(16-32)18-7-4-3-5-8-18)31(24)20-10-6-9-19(15-20)27(33)34/h3-5,7-8,13-14,17,19-20,22,32H,6,9-12,15-16H2,1-2H3,(H,33,34)/t17-,19+,20+,22+/m0/s1. The van der Waals surface area contributed by atoms with Crippen LogP contribution in [-0.4, -0.2) is 51.6 Å². The minimum Gasteiger partial charge on any atom is -0.481 e. The number of rotatable bonds is 5. The lowest BCUT2D eigenvalue weighted by molar-refractivity contribution is -0.143. The van der Waals surface area contributed by atoms with Crippen molar-refractivity contribution in [2.24, 2.45) is 5.92 Å². The monoisotopic (exact) mass is 491 g/mol. The summed E-state index contributed by atoms with van der Waals surface area (Å²) in [6.45, 7) is 1.90. The van der Waals surface area contributed by atoms with E-state index in [0.29, 0.717) is 12.8 Å². The highest BCUT2D eigenvalue weighted by Crippen LogP contribution is 2.42. The molecule has 2 heterocycles. The Hall–Kier alpha value is -3.39. The van der Waals surface area contributed by atoms with Gasteiger partial charge in [0.1, 0.15) is 5.82 Å². The number of methoxy groups -OCH3 is 1. The number of carbonyl (C=O) groups excluding carboxylic acids is 1. The number of nitrogens with zero attached hydrogens (tertiary/aromatic N) is 3. The van der Waals surface area contributed by atoms with Crippen molar-refractivity contribution in [1.82, 2.24) is 9.55 Å². The number of anilines is 1. The number of imidazole rings is 1. The second-order valence-corrected chi connectivity index (χ2v) is 10.0. The molecule has 8 nitrogen and oxygen atoms in total. The lowest BCUT2D eigenvalue weighted by atomic mass is 9.85. The van der Waals surface area contributed by atoms with Crippen molar-refractivity contribution < 1.29 is 24.5 Å². The first-order valence-electron chi connectivity index (χ1n) is 12.7. The zero-order valence-corrected chi connectivity index (χ0v) is 20.8. The summed E-state index contributed by atoms with van der Waals surface area (Å²) < 4.78 is 7.25. The maximum Gasteiger partial charge on any atom is 0.414 e. The second-order valence-electron chi connectivity index (χ2n) is 10.0. The van der Waals surface area contributed by atoms with Crippen LogP contribution in [0.25, 0.3) is 11.0 Å². The van der Waals surface area contributed by atoms with Gasteiger partial charge in [-0.3, -0.25) is 9.69 Å². The Labute approximate surface area is 210 Å². The summed E-state index contributed by atoms with van der Waals surface area (Å²) in [6.07, 6.45) is 4.06. The molecule has 0 radical (unpaired) electrons. The fourth-order valence-corrected chi connectivity index (χ4v) is 6.07. The molecule has 2 aromatic carbocycles. The normalized spacial score (nSPS) is 22.8. The van der Waals surface area contributed by atoms with Crippen LogP contribution >= 0.6 is 0 Å². The van der Waals surface area contributed by atoms with Crippen LogP contribution in [0.2, 0.25) is 0 Å². The number of hydrogen-bond donors (Lipinski definition) is 2. The maximum absolute atomic E-state index is 12.6. The molecule has 1 aromatic heterocycles. The van der Waals surface area contributed by atoms with Gasteiger partial charge in [-0.25, -0.2) is 9.78 Å². The smallest absolute Gasteiger partial charge is 0.414 e. The number of aliphatic hydroxyl groups excluding tert-OH is 1. The molecule has 36 heavy (non-hydrogen) atoms. The van der Waals surface area contributed by atoms with Gasteiger partial charge < -0.3 is 19.5 Å². The molecule has 3 aromatic rings. The molecule has 5 rings (SSSR count). The molecule has 1 aliphatic carbocycles. The van der Waals surface area contributed by atoms with E-state index in [1.54, 1.807) is 4.90 Å². The molecule has 2 aliphatic rings.